The highest BCUT2D eigenvalue weighted by Gasteiger charge is 2.14. The molecule has 0 saturated heterocycles. The Morgan fingerprint density at radius 3 is 2.77 bits per heavy atom. The maximum absolute atomic E-state index is 12.6. The maximum atomic E-state index is 12.6. The first-order valence-corrected chi connectivity index (χ1v) is 7.96. The molecule has 0 bridgehead atoms. The van der Waals surface area contributed by atoms with Gasteiger partial charge in [0.1, 0.15) is 5.75 Å². The van der Waals surface area contributed by atoms with Gasteiger partial charge in [-0.05, 0) is 24.3 Å². The van der Waals surface area contributed by atoms with Crippen LogP contribution in [0.4, 0.5) is 5.69 Å². The van der Waals surface area contributed by atoms with Crippen LogP contribution in [0.15, 0.2) is 67.0 Å². The maximum Gasteiger partial charge on any atom is 0.277 e. The summed E-state index contributed by atoms with van der Waals surface area (Å²) >= 11 is 0. The largest absolute Gasteiger partial charge is 0.497 e. The van der Waals surface area contributed by atoms with Crippen LogP contribution in [0.25, 0.3) is 16.6 Å². The van der Waals surface area contributed by atoms with Crippen LogP contribution in [-0.2, 0) is 0 Å². The van der Waals surface area contributed by atoms with Gasteiger partial charge in [-0.2, -0.15) is 9.90 Å². The number of carbonyl (C=O) groups is 1. The summed E-state index contributed by atoms with van der Waals surface area (Å²) in [5.41, 5.74) is 2.22. The molecule has 2 aromatic carbocycles. The number of benzene rings is 2. The number of amides is 1. The van der Waals surface area contributed by atoms with Crippen LogP contribution in [0.3, 0.4) is 0 Å². The van der Waals surface area contributed by atoms with E-state index in [-0.39, 0.29) is 11.6 Å². The third kappa shape index (κ3) is 2.98. The van der Waals surface area contributed by atoms with Crippen LogP contribution in [0, 0.1) is 0 Å². The first kappa shape index (κ1) is 15.8. The third-order valence-electron chi connectivity index (χ3n) is 3.87. The summed E-state index contributed by atoms with van der Waals surface area (Å²) < 4.78 is 5.30. The van der Waals surface area contributed by atoms with Crippen molar-refractivity contribution in [3.05, 3.63) is 72.7 Å². The van der Waals surface area contributed by atoms with Gasteiger partial charge in [-0.25, -0.2) is 0 Å². The van der Waals surface area contributed by atoms with Crippen molar-refractivity contribution >= 4 is 22.5 Å². The molecule has 1 N–H and O–H groups in total. The zero-order valence-electron chi connectivity index (χ0n) is 14.0. The molecule has 0 spiro atoms. The summed E-state index contributed by atoms with van der Waals surface area (Å²) in [5, 5.41) is 12.1. The number of methoxy groups -OCH3 is 1. The monoisotopic (exact) mass is 345 g/mol. The lowest BCUT2D eigenvalue weighted by atomic mass is 10.1. The molecule has 128 valence electrons. The van der Waals surface area contributed by atoms with Crippen LogP contribution in [0.2, 0.25) is 0 Å². The number of hydrogen-bond acceptors (Lipinski definition) is 5. The van der Waals surface area contributed by atoms with Crippen molar-refractivity contribution in [2.24, 2.45) is 0 Å². The number of hydrogen-bond donors (Lipinski definition) is 1. The fourth-order valence-electron chi connectivity index (χ4n) is 2.62. The lowest BCUT2D eigenvalue weighted by Crippen LogP contribution is -2.14. The molecular weight excluding hydrogens is 330 g/mol. The van der Waals surface area contributed by atoms with Gasteiger partial charge in [0.2, 0.25) is 0 Å². The first-order chi connectivity index (χ1) is 12.7. The molecule has 0 aliphatic rings. The molecular formula is C19H15N5O2. The summed E-state index contributed by atoms with van der Waals surface area (Å²) in [6.07, 6.45) is 3.11. The van der Waals surface area contributed by atoms with Gasteiger partial charge < -0.3 is 10.1 Å². The van der Waals surface area contributed by atoms with Gasteiger partial charge in [-0.3, -0.25) is 9.78 Å². The zero-order valence-corrected chi connectivity index (χ0v) is 14.0. The molecule has 0 unspecified atom stereocenters. The minimum absolute atomic E-state index is 0.209. The van der Waals surface area contributed by atoms with Gasteiger partial charge in [0.05, 0.1) is 30.2 Å². The van der Waals surface area contributed by atoms with Crippen LogP contribution < -0.4 is 10.1 Å². The Bertz CT molecular complexity index is 1080. The lowest BCUT2D eigenvalue weighted by Gasteiger charge is -2.09. The van der Waals surface area contributed by atoms with E-state index < -0.39 is 0 Å². The number of carbonyl (C=O) groups excluding carboxylic acids is 1. The summed E-state index contributed by atoms with van der Waals surface area (Å²) in [4.78, 5) is 18.4. The van der Waals surface area contributed by atoms with E-state index in [1.165, 1.54) is 11.0 Å². The molecule has 7 heteroatoms. The fourth-order valence-corrected chi connectivity index (χ4v) is 2.62. The zero-order chi connectivity index (χ0) is 17.9. The highest BCUT2D eigenvalue weighted by atomic mass is 16.5. The predicted octanol–water partition coefficient (Wildman–Crippen LogP) is 3.08. The van der Waals surface area contributed by atoms with E-state index in [9.17, 15) is 4.79 Å². The van der Waals surface area contributed by atoms with Crippen molar-refractivity contribution in [1.82, 2.24) is 20.0 Å². The van der Waals surface area contributed by atoms with Crippen molar-refractivity contribution in [2.75, 3.05) is 12.4 Å². The smallest absolute Gasteiger partial charge is 0.277 e. The van der Waals surface area contributed by atoms with Crippen LogP contribution >= 0.6 is 0 Å². The van der Waals surface area contributed by atoms with Crippen molar-refractivity contribution in [1.29, 1.82) is 0 Å². The number of aromatic nitrogens is 4. The molecule has 4 aromatic rings. The van der Waals surface area contributed by atoms with E-state index in [0.29, 0.717) is 17.0 Å². The van der Waals surface area contributed by atoms with E-state index in [2.05, 4.69) is 20.5 Å². The Labute approximate surface area is 149 Å². The van der Waals surface area contributed by atoms with E-state index in [1.807, 2.05) is 48.5 Å². The van der Waals surface area contributed by atoms with Gasteiger partial charge in [0, 0.05) is 17.6 Å². The topological polar surface area (TPSA) is 81.9 Å². The van der Waals surface area contributed by atoms with Crippen molar-refractivity contribution in [2.45, 2.75) is 0 Å². The molecule has 0 fully saturated rings. The van der Waals surface area contributed by atoms with Crippen LogP contribution in [-0.4, -0.2) is 33.0 Å². The molecule has 26 heavy (non-hydrogen) atoms. The van der Waals surface area contributed by atoms with Gasteiger partial charge in [-0.1, -0.05) is 24.3 Å². The minimum Gasteiger partial charge on any atom is -0.497 e. The number of pyridine rings is 1. The number of nitrogens with one attached hydrogen (secondary N) is 1. The third-order valence-corrected chi connectivity index (χ3v) is 3.87. The first-order valence-electron chi connectivity index (χ1n) is 7.96. The fraction of sp³-hybridized carbons (Fsp3) is 0.0526. The summed E-state index contributed by atoms with van der Waals surface area (Å²) in [7, 11) is 1.58. The number of fused-ring (bicyclic) bond motifs is 1. The van der Waals surface area contributed by atoms with E-state index in [1.54, 1.807) is 19.4 Å². The number of ether oxygens (including phenoxy) is 1. The Morgan fingerprint density at radius 2 is 1.96 bits per heavy atom. The average molecular weight is 345 g/mol. The quantitative estimate of drug-likeness (QED) is 0.615. The van der Waals surface area contributed by atoms with Gasteiger partial charge in [0.25, 0.3) is 5.91 Å². The molecule has 2 heterocycles. The normalized spacial score (nSPS) is 10.7. The minimum atomic E-state index is -0.368. The SMILES string of the molecule is COc1cc(NC(=O)c2cnn(-c3ccccc3)n2)c2ncccc2c1. The number of para-hydroxylation sites is 1. The van der Waals surface area contributed by atoms with Crippen molar-refractivity contribution < 1.29 is 9.53 Å². The van der Waals surface area contributed by atoms with Crippen LogP contribution in [0.5, 0.6) is 5.75 Å². The Hall–Kier alpha value is -3.74. The summed E-state index contributed by atoms with van der Waals surface area (Å²) in [5.74, 6) is 0.265. The van der Waals surface area contributed by atoms with E-state index in [4.69, 9.17) is 4.74 Å². The molecule has 0 saturated carbocycles. The van der Waals surface area contributed by atoms with Crippen LogP contribution in [0.1, 0.15) is 10.5 Å². The number of rotatable bonds is 4. The standard InChI is InChI=1S/C19H15N5O2/c1-26-15-10-13-6-5-9-20-18(13)16(11-15)22-19(25)17-12-21-24(23-17)14-7-3-2-4-8-14/h2-12H,1H3,(H,22,25). The Kier molecular flexibility index (Phi) is 4.03. The molecule has 0 aliphatic heterocycles. The molecule has 4 rings (SSSR count). The molecule has 0 atom stereocenters. The molecule has 1 amide bonds. The van der Waals surface area contributed by atoms with E-state index >= 15 is 0 Å². The molecule has 0 aliphatic carbocycles. The van der Waals surface area contributed by atoms with Crippen molar-refractivity contribution in [3.8, 4) is 11.4 Å². The molecule has 0 radical (unpaired) electrons. The lowest BCUT2D eigenvalue weighted by molar-refractivity contribution is 0.102. The Balaban J connectivity index is 1.65. The highest BCUT2D eigenvalue weighted by molar-refractivity contribution is 6.07. The number of nitrogens with zero attached hydrogens (tertiary/aromatic N) is 4. The second-order valence-electron chi connectivity index (χ2n) is 5.56. The molecule has 7 nitrogen and oxygen atoms in total. The van der Waals surface area contributed by atoms with Crippen molar-refractivity contribution in [3.63, 3.8) is 0 Å². The second-order valence-corrected chi connectivity index (χ2v) is 5.56. The predicted molar refractivity (Wildman–Crippen MR) is 97.6 cm³/mol. The van der Waals surface area contributed by atoms with Gasteiger partial charge in [0.15, 0.2) is 5.69 Å². The Morgan fingerprint density at radius 1 is 1.12 bits per heavy atom. The number of anilines is 1. The second kappa shape index (κ2) is 6.64. The molecule has 2 aromatic heterocycles. The van der Waals surface area contributed by atoms with Gasteiger partial charge >= 0.3 is 0 Å². The summed E-state index contributed by atoms with van der Waals surface area (Å²) in [6, 6.07) is 16.7. The summed E-state index contributed by atoms with van der Waals surface area (Å²) in [6.45, 7) is 0. The van der Waals surface area contributed by atoms with Gasteiger partial charge in [-0.15, -0.1) is 5.10 Å². The highest BCUT2D eigenvalue weighted by Crippen LogP contribution is 2.27. The van der Waals surface area contributed by atoms with E-state index in [0.717, 1.165) is 11.1 Å². The average Bonchev–Trinajstić information content (AvgIpc) is 3.19.